The first-order valence-corrected chi connectivity index (χ1v) is 8.08. The van der Waals surface area contributed by atoms with Crippen LogP contribution in [0, 0.1) is 16.0 Å². The van der Waals surface area contributed by atoms with E-state index in [4.69, 9.17) is 11.6 Å². The van der Waals surface area contributed by atoms with Crippen molar-refractivity contribution in [3.05, 3.63) is 33.3 Å². The van der Waals surface area contributed by atoms with Crippen LogP contribution in [0.25, 0.3) is 0 Å². The average Bonchev–Trinajstić information content (AvgIpc) is 2.38. The van der Waals surface area contributed by atoms with E-state index in [0.29, 0.717) is 13.1 Å². The molecule has 0 bridgehead atoms. The molecule has 0 amide bonds. The Morgan fingerprint density at radius 3 is 2.75 bits per heavy atom. The van der Waals surface area contributed by atoms with Crippen molar-refractivity contribution in [1.29, 1.82) is 0 Å². The van der Waals surface area contributed by atoms with Gasteiger partial charge in [-0.1, -0.05) is 18.5 Å². The van der Waals surface area contributed by atoms with Crippen LogP contribution >= 0.6 is 11.6 Å². The third-order valence-corrected chi connectivity index (χ3v) is 5.50. The Bertz CT molecular complexity index is 632. The highest BCUT2D eigenvalue weighted by Crippen LogP contribution is 2.31. The molecule has 1 unspecified atom stereocenters. The lowest BCUT2D eigenvalue weighted by Crippen LogP contribution is -2.39. The van der Waals surface area contributed by atoms with E-state index in [1.54, 1.807) is 0 Å². The van der Waals surface area contributed by atoms with Gasteiger partial charge in [-0.05, 0) is 30.9 Å². The summed E-state index contributed by atoms with van der Waals surface area (Å²) in [5.74, 6) is 0.255. The molecule has 1 aromatic carbocycles. The van der Waals surface area contributed by atoms with Crippen LogP contribution in [0.15, 0.2) is 23.1 Å². The van der Waals surface area contributed by atoms with Gasteiger partial charge in [-0.15, -0.1) is 0 Å². The van der Waals surface area contributed by atoms with E-state index in [1.807, 2.05) is 6.92 Å². The molecule has 2 rings (SSSR count). The van der Waals surface area contributed by atoms with Gasteiger partial charge in [0.05, 0.1) is 4.92 Å². The van der Waals surface area contributed by atoms with Gasteiger partial charge in [-0.3, -0.25) is 10.1 Å². The van der Waals surface area contributed by atoms with E-state index in [0.717, 1.165) is 18.9 Å². The Morgan fingerprint density at radius 2 is 2.15 bits per heavy atom. The van der Waals surface area contributed by atoms with E-state index < -0.39 is 20.6 Å². The highest BCUT2D eigenvalue weighted by atomic mass is 35.5. The lowest BCUT2D eigenvalue weighted by Gasteiger charge is -2.29. The van der Waals surface area contributed by atoms with Crippen molar-refractivity contribution < 1.29 is 13.3 Å². The van der Waals surface area contributed by atoms with Crippen LogP contribution in [0.4, 0.5) is 5.69 Å². The molecule has 0 aromatic heterocycles. The molecule has 20 heavy (non-hydrogen) atoms. The summed E-state index contributed by atoms with van der Waals surface area (Å²) in [4.78, 5) is 10.0. The van der Waals surface area contributed by atoms with Crippen LogP contribution in [0.2, 0.25) is 5.02 Å². The molecule has 6 nitrogen and oxygen atoms in total. The maximum absolute atomic E-state index is 12.5. The van der Waals surface area contributed by atoms with Gasteiger partial charge in [-0.25, -0.2) is 8.42 Å². The summed E-state index contributed by atoms with van der Waals surface area (Å²) in [6.07, 6.45) is 1.73. The molecule has 1 heterocycles. The highest BCUT2D eigenvalue weighted by Gasteiger charge is 2.33. The molecule has 0 aliphatic carbocycles. The zero-order valence-electron chi connectivity index (χ0n) is 11.0. The minimum atomic E-state index is -3.85. The molecule has 8 heteroatoms. The van der Waals surface area contributed by atoms with Crippen LogP contribution in [0.5, 0.6) is 0 Å². The number of hydrogen-bond acceptors (Lipinski definition) is 4. The zero-order valence-corrected chi connectivity index (χ0v) is 12.5. The number of hydrogen-bond donors (Lipinski definition) is 0. The topological polar surface area (TPSA) is 80.5 Å². The number of nitrogens with zero attached hydrogens (tertiary/aromatic N) is 2. The molecule has 1 saturated heterocycles. The van der Waals surface area contributed by atoms with Crippen LogP contribution in [0.1, 0.15) is 19.8 Å². The summed E-state index contributed by atoms with van der Waals surface area (Å²) < 4.78 is 26.4. The van der Waals surface area contributed by atoms with Crippen molar-refractivity contribution in [2.45, 2.75) is 24.7 Å². The Kier molecular flexibility index (Phi) is 4.31. The maximum Gasteiger partial charge on any atom is 0.290 e. The molecule has 0 spiro atoms. The van der Waals surface area contributed by atoms with Gasteiger partial charge in [0.1, 0.15) is 0 Å². The lowest BCUT2D eigenvalue weighted by atomic mass is 10.0. The fourth-order valence-corrected chi connectivity index (χ4v) is 4.26. The van der Waals surface area contributed by atoms with E-state index in [1.165, 1.54) is 16.4 Å². The summed E-state index contributed by atoms with van der Waals surface area (Å²) in [6.45, 7) is 2.76. The minimum Gasteiger partial charge on any atom is -0.258 e. The molecule has 1 fully saturated rings. The Balaban J connectivity index is 2.46. The molecular formula is C12H15ClN2O4S. The molecule has 110 valence electrons. The first kappa shape index (κ1) is 15.2. The van der Waals surface area contributed by atoms with Gasteiger partial charge in [0.15, 0.2) is 4.90 Å². The summed E-state index contributed by atoms with van der Waals surface area (Å²) in [7, 11) is -3.85. The monoisotopic (exact) mass is 318 g/mol. The first-order valence-electron chi connectivity index (χ1n) is 6.26. The number of piperidine rings is 1. The Morgan fingerprint density at radius 1 is 1.45 bits per heavy atom. The maximum atomic E-state index is 12.5. The van der Waals surface area contributed by atoms with Crippen LogP contribution in [-0.2, 0) is 10.0 Å². The summed E-state index contributed by atoms with van der Waals surface area (Å²) in [5, 5.41) is 11.2. The number of rotatable bonds is 3. The highest BCUT2D eigenvalue weighted by molar-refractivity contribution is 7.89. The standard InChI is InChI=1S/C12H15ClN2O4S/c1-9-3-2-6-14(8-9)20(18,19)12-5-4-10(13)7-11(12)15(16)17/h4-5,7,9H,2-3,6,8H2,1H3. The van der Waals surface area contributed by atoms with Crippen LogP contribution in [0.3, 0.4) is 0 Å². The molecule has 1 aliphatic heterocycles. The first-order chi connectivity index (χ1) is 9.32. The summed E-state index contributed by atoms with van der Waals surface area (Å²) >= 11 is 5.71. The molecule has 0 saturated carbocycles. The number of nitro groups is 1. The van der Waals surface area contributed by atoms with Crippen molar-refractivity contribution >= 4 is 27.3 Å². The van der Waals surface area contributed by atoms with Crippen molar-refractivity contribution in [2.24, 2.45) is 5.92 Å². The summed E-state index contributed by atoms with van der Waals surface area (Å²) in [5.41, 5.74) is -0.476. The van der Waals surface area contributed by atoms with Crippen LogP contribution < -0.4 is 0 Å². The molecule has 0 N–H and O–H groups in total. The van der Waals surface area contributed by atoms with E-state index in [9.17, 15) is 18.5 Å². The molecule has 1 aliphatic rings. The fourth-order valence-electron chi connectivity index (χ4n) is 2.36. The number of nitro benzene ring substituents is 1. The zero-order chi connectivity index (χ0) is 14.9. The predicted octanol–water partition coefficient (Wildman–Crippen LogP) is 2.67. The summed E-state index contributed by atoms with van der Waals surface area (Å²) in [6, 6.07) is 3.63. The number of benzene rings is 1. The SMILES string of the molecule is CC1CCCN(S(=O)(=O)c2ccc(Cl)cc2[N+](=O)[O-])C1. The average molecular weight is 319 g/mol. The van der Waals surface area contributed by atoms with Crippen molar-refractivity contribution in [3.63, 3.8) is 0 Å². The largest absolute Gasteiger partial charge is 0.290 e. The van der Waals surface area contributed by atoms with Crippen molar-refractivity contribution in [3.8, 4) is 0 Å². The Labute approximate surface area is 122 Å². The van der Waals surface area contributed by atoms with Gasteiger partial charge < -0.3 is 0 Å². The van der Waals surface area contributed by atoms with Crippen molar-refractivity contribution in [1.82, 2.24) is 4.31 Å². The van der Waals surface area contributed by atoms with Gasteiger partial charge >= 0.3 is 0 Å². The van der Waals surface area contributed by atoms with Gasteiger partial charge in [0.2, 0.25) is 10.0 Å². The second-order valence-corrected chi connectivity index (χ2v) is 7.32. The lowest BCUT2D eigenvalue weighted by molar-refractivity contribution is -0.387. The van der Waals surface area contributed by atoms with Crippen molar-refractivity contribution in [2.75, 3.05) is 13.1 Å². The molecule has 0 radical (unpaired) electrons. The molecule has 1 aromatic rings. The van der Waals surface area contributed by atoms with Crippen LogP contribution in [-0.4, -0.2) is 30.7 Å². The second kappa shape index (κ2) is 5.67. The predicted molar refractivity (Wildman–Crippen MR) is 75.3 cm³/mol. The normalized spacial score (nSPS) is 20.8. The number of halogens is 1. The van der Waals surface area contributed by atoms with Gasteiger partial charge in [0.25, 0.3) is 5.69 Å². The fraction of sp³-hybridized carbons (Fsp3) is 0.500. The third-order valence-electron chi connectivity index (χ3n) is 3.36. The van der Waals surface area contributed by atoms with E-state index >= 15 is 0 Å². The third kappa shape index (κ3) is 2.94. The smallest absolute Gasteiger partial charge is 0.258 e. The van der Waals surface area contributed by atoms with E-state index in [2.05, 4.69) is 0 Å². The minimum absolute atomic E-state index is 0.141. The Hall–Kier alpha value is -1.18. The second-order valence-electron chi connectivity index (χ2n) is 4.98. The molecule has 1 atom stereocenters. The van der Waals surface area contributed by atoms with Gasteiger partial charge in [0, 0.05) is 24.2 Å². The quantitative estimate of drug-likeness (QED) is 0.634. The number of sulfonamides is 1. The molecular weight excluding hydrogens is 304 g/mol. The van der Waals surface area contributed by atoms with Gasteiger partial charge in [-0.2, -0.15) is 4.31 Å². The van der Waals surface area contributed by atoms with E-state index in [-0.39, 0.29) is 15.8 Å².